The van der Waals surface area contributed by atoms with Crippen LogP contribution in [0.1, 0.15) is 31.4 Å². The molecule has 3 aliphatic heterocycles. The molecule has 2 aromatic rings. The number of aromatic nitrogens is 2. The van der Waals surface area contributed by atoms with E-state index in [1.165, 1.54) is 24.5 Å². The number of nitrogens with one attached hydrogen (secondary N) is 2. The Kier molecular flexibility index (Phi) is 8.29. The van der Waals surface area contributed by atoms with Gasteiger partial charge in [-0.05, 0) is 38.6 Å². The van der Waals surface area contributed by atoms with Crippen molar-refractivity contribution in [2.45, 2.75) is 38.5 Å². The van der Waals surface area contributed by atoms with Crippen LogP contribution < -0.4 is 20.4 Å². The van der Waals surface area contributed by atoms with Crippen molar-refractivity contribution in [2.24, 2.45) is 11.8 Å². The second kappa shape index (κ2) is 11.8. The van der Waals surface area contributed by atoms with Crippen molar-refractivity contribution in [2.75, 3.05) is 54.9 Å². The molecule has 2 amide bonds. The topological polar surface area (TPSA) is 117 Å². The summed E-state index contributed by atoms with van der Waals surface area (Å²) in [5.74, 6) is -5.52. The van der Waals surface area contributed by atoms with Crippen LogP contribution in [-0.2, 0) is 9.59 Å². The van der Waals surface area contributed by atoms with Crippen LogP contribution in [0.4, 0.5) is 34.9 Å². The number of anilines is 3. The zero-order chi connectivity index (χ0) is 31.1. The lowest BCUT2D eigenvalue weighted by atomic mass is 9.84. The molecule has 3 aliphatic rings. The van der Waals surface area contributed by atoms with E-state index in [1.807, 2.05) is 31.9 Å². The number of hydrogen-bond acceptors (Lipinski definition) is 8. The van der Waals surface area contributed by atoms with E-state index in [1.54, 1.807) is 11.0 Å². The van der Waals surface area contributed by atoms with Crippen LogP contribution in [0.3, 0.4) is 0 Å². The highest BCUT2D eigenvalue weighted by Crippen LogP contribution is 2.39. The first-order chi connectivity index (χ1) is 20.3. The van der Waals surface area contributed by atoms with Gasteiger partial charge in [-0.1, -0.05) is 6.08 Å². The summed E-state index contributed by atoms with van der Waals surface area (Å²) in [6.45, 7) is 5.22. The molecule has 0 bridgehead atoms. The van der Waals surface area contributed by atoms with E-state index in [-0.39, 0.29) is 29.9 Å². The van der Waals surface area contributed by atoms with Crippen molar-refractivity contribution in [3.05, 3.63) is 47.5 Å². The van der Waals surface area contributed by atoms with E-state index in [9.17, 15) is 22.8 Å². The van der Waals surface area contributed by atoms with Crippen LogP contribution >= 0.6 is 0 Å². The number of nitriles is 1. The van der Waals surface area contributed by atoms with Gasteiger partial charge < -0.3 is 20.4 Å². The summed E-state index contributed by atoms with van der Waals surface area (Å²) in [7, 11) is 1.99. The lowest BCUT2D eigenvalue weighted by Gasteiger charge is -2.44. The lowest BCUT2D eigenvalue weighted by molar-refractivity contribution is -0.197. The Morgan fingerprint density at radius 2 is 1.81 bits per heavy atom. The number of carbonyl (C=O) groups is 2. The molecule has 14 heteroatoms. The number of piperidine rings is 1. The highest BCUT2D eigenvalue weighted by atomic mass is 19.4. The van der Waals surface area contributed by atoms with E-state index in [4.69, 9.17) is 5.26 Å². The van der Waals surface area contributed by atoms with Gasteiger partial charge in [0.2, 0.25) is 17.8 Å². The third-order valence-corrected chi connectivity index (χ3v) is 8.53. The minimum Gasteiger partial charge on any atom is -0.367 e. The average molecular weight is 601 g/mol. The quantitative estimate of drug-likeness (QED) is 0.503. The Hall–Kier alpha value is -4.25. The number of likely N-dealkylation sites (N-methyl/N-ethyl adjacent to an activating group) is 1. The van der Waals surface area contributed by atoms with Crippen LogP contribution in [-0.4, -0.2) is 84.7 Å². The molecular weight excluding hydrogens is 568 g/mol. The molecule has 4 heterocycles. The first-order valence-corrected chi connectivity index (χ1v) is 14.0. The number of carbonyl (C=O) groups excluding carboxylic acids is 2. The summed E-state index contributed by atoms with van der Waals surface area (Å²) >= 11 is 0. The van der Waals surface area contributed by atoms with Gasteiger partial charge in [0, 0.05) is 56.8 Å². The molecule has 0 spiro atoms. The molecule has 4 atom stereocenters. The molecule has 2 N–H and O–H groups in total. The molecule has 2 fully saturated rings. The van der Waals surface area contributed by atoms with Gasteiger partial charge in [-0.3, -0.25) is 14.5 Å². The number of amides is 2. The second-order valence-electron chi connectivity index (χ2n) is 11.4. The Morgan fingerprint density at radius 1 is 1.14 bits per heavy atom. The number of nitrogens with zero attached hydrogens (tertiary/aromatic N) is 6. The van der Waals surface area contributed by atoms with Gasteiger partial charge in [0.1, 0.15) is 11.9 Å². The molecule has 2 unspecified atom stereocenters. The lowest BCUT2D eigenvalue weighted by Crippen LogP contribution is -2.55. The third-order valence-electron chi connectivity index (χ3n) is 8.53. The van der Waals surface area contributed by atoms with Crippen LogP contribution in [0.2, 0.25) is 0 Å². The van der Waals surface area contributed by atoms with Crippen molar-refractivity contribution in [1.82, 2.24) is 20.2 Å². The van der Waals surface area contributed by atoms with E-state index in [0.717, 1.165) is 0 Å². The van der Waals surface area contributed by atoms with Gasteiger partial charge >= 0.3 is 6.18 Å². The molecule has 43 heavy (non-hydrogen) atoms. The zero-order valence-electron chi connectivity index (χ0n) is 24.0. The van der Waals surface area contributed by atoms with Gasteiger partial charge in [0.25, 0.3) is 0 Å². The maximum absolute atomic E-state index is 15.8. The zero-order valence-corrected chi connectivity index (χ0v) is 24.0. The number of benzene rings is 1. The maximum atomic E-state index is 15.8. The number of rotatable bonds is 5. The fourth-order valence-electron chi connectivity index (χ4n) is 5.84. The normalized spacial score (nSPS) is 24.8. The molecule has 0 saturated carbocycles. The van der Waals surface area contributed by atoms with Gasteiger partial charge in [0.05, 0.1) is 41.2 Å². The van der Waals surface area contributed by atoms with Crippen LogP contribution in [0, 0.1) is 29.0 Å². The van der Waals surface area contributed by atoms with Crippen molar-refractivity contribution in [3.63, 3.8) is 0 Å². The number of alkyl halides is 3. The predicted molar refractivity (Wildman–Crippen MR) is 152 cm³/mol. The number of hydrogen-bond donors (Lipinski definition) is 2. The largest absolute Gasteiger partial charge is 0.393 e. The van der Waals surface area contributed by atoms with E-state index in [0.29, 0.717) is 42.4 Å². The Labute approximate surface area is 246 Å². The van der Waals surface area contributed by atoms with Crippen LogP contribution in [0.25, 0.3) is 5.57 Å². The molecule has 1 aromatic heterocycles. The summed E-state index contributed by atoms with van der Waals surface area (Å²) in [6, 6.07) is 4.93. The Balaban J connectivity index is 1.47. The first kappa shape index (κ1) is 30.2. The standard InChI is InChI=1S/C29H32F4N8O2/c1-16-13-41(14-17(2)39(16)3)25-8-23(30)20(19-4-5-40(15-19)28-36-10-18(9-34)11-37-28)6-24(25)38-27(43)21-12-35-26(42)7-22(21)29(31,32)33/h4,6,8,10-11,16-17,21-22H,5,7,12-15H2,1-3H3,(H,35,42)(H,38,43)/t16-,17+,21?,22?. The second-order valence-corrected chi connectivity index (χ2v) is 11.4. The summed E-state index contributed by atoms with van der Waals surface area (Å²) in [5.41, 5.74) is 1.64. The van der Waals surface area contributed by atoms with Crippen molar-refractivity contribution in [3.8, 4) is 6.07 Å². The SMILES string of the molecule is C[C@@H]1CN(c2cc(F)c(C3=CCN(c4ncc(C#N)cn4)C3)cc2NC(=O)C2CNC(=O)CC2C(F)(F)F)C[C@H](C)N1C. The minimum absolute atomic E-state index is 0.0942. The van der Waals surface area contributed by atoms with Crippen LogP contribution in [0.15, 0.2) is 30.6 Å². The molecule has 5 rings (SSSR count). The highest BCUT2D eigenvalue weighted by Gasteiger charge is 2.50. The molecule has 1 aromatic carbocycles. The molecular formula is C29H32F4N8O2. The average Bonchev–Trinajstić information content (AvgIpc) is 3.46. The van der Waals surface area contributed by atoms with E-state index < -0.39 is 48.6 Å². The van der Waals surface area contributed by atoms with Gasteiger partial charge in [-0.25, -0.2) is 14.4 Å². The van der Waals surface area contributed by atoms with Crippen LogP contribution in [0.5, 0.6) is 0 Å². The first-order valence-electron chi connectivity index (χ1n) is 14.0. The van der Waals surface area contributed by atoms with E-state index in [2.05, 4.69) is 25.5 Å². The molecule has 10 nitrogen and oxygen atoms in total. The minimum atomic E-state index is -4.75. The predicted octanol–water partition coefficient (Wildman–Crippen LogP) is 3.17. The summed E-state index contributed by atoms with van der Waals surface area (Å²) < 4.78 is 57.3. The smallest absolute Gasteiger partial charge is 0.367 e. The molecule has 2 saturated heterocycles. The third kappa shape index (κ3) is 6.27. The fourth-order valence-corrected chi connectivity index (χ4v) is 5.84. The number of piperazine rings is 1. The fraction of sp³-hybridized carbons (Fsp3) is 0.483. The summed E-state index contributed by atoms with van der Waals surface area (Å²) in [5, 5.41) is 14.0. The monoisotopic (exact) mass is 600 g/mol. The van der Waals surface area contributed by atoms with Gasteiger partial charge in [-0.15, -0.1) is 0 Å². The van der Waals surface area contributed by atoms with Crippen molar-refractivity contribution >= 4 is 34.7 Å². The Morgan fingerprint density at radius 3 is 2.44 bits per heavy atom. The molecule has 0 aliphatic carbocycles. The maximum Gasteiger partial charge on any atom is 0.393 e. The van der Waals surface area contributed by atoms with Crippen molar-refractivity contribution < 1.29 is 27.2 Å². The number of halogens is 4. The van der Waals surface area contributed by atoms with E-state index >= 15 is 4.39 Å². The molecule has 0 radical (unpaired) electrons. The molecule has 228 valence electrons. The van der Waals surface area contributed by atoms with Gasteiger partial charge in [0.15, 0.2) is 0 Å². The summed E-state index contributed by atoms with van der Waals surface area (Å²) in [4.78, 5) is 39.5. The Bertz CT molecular complexity index is 1460. The van der Waals surface area contributed by atoms with Crippen molar-refractivity contribution in [1.29, 1.82) is 5.26 Å². The van der Waals surface area contributed by atoms with Gasteiger partial charge in [-0.2, -0.15) is 18.4 Å². The highest BCUT2D eigenvalue weighted by molar-refractivity contribution is 5.98. The summed E-state index contributed by atoms with van der Waals surface area (Å²) in [6.07, 6.45) is -1.00.